The van der Waals surface area contributed by atoms with Crippen LogP contribution in [0, 0.1) is 6.92 Å². The molecule has 1 aromatic heterocycles. The summed E-state index contributed by atoms with van der Waals surface area (Å²) < 4.78 is 1.07. The molecular formula is C15H16BrNOS. The summed E-state index contributed by atoms with van der Waals surface area (Å²) in [6.07, 6.45) is 2.42. The summed E-state index contributed by atoms with van der Waals surface area (Å²) in [5.41, 5.74) is 3.42. The molecule has 2 rings (SSSR count). The van der Waals surface area contributed by atoms with E-state index < -0.39 is 0 Å². The Morgan fingerprint density at radius 3 is 2.95 bits per heavy atom. The molecule has 0 aliphatic rings. The van der Waals surface area contributed by atoms with Crippen LogP contribution < -0.4 is 0 Å². The Morgan fingerprint density at radius 1 is 1.42 bits per heavy atom. The van der Waals surface area contributed by atoms with Crippen molar-refractivity contribution in [2.24, 2.45) is 0 Å². The van der Waals surface area contributed by atoms with Crippen molar-refractivity contribution in [2.45, 2.75) is 33.1 Å². The number of thiazole rings is 1. The third-order valence-electron chi connectivity index (χ3n) is 2.95. The van der Waals surface area contributed by atoms with Crippen LogP contribution >= 0.6 is 27.3 Å². The van der Waals surface area contributed by atoms with Crippen molar-refractivity contribution in [3.8, 4) is 11.3 Å². The number of aromatic nitrogens is 1. The van der Waals surface area contributed by atoms with E-state index in [0.29, 0.717) is 6.42 Å². The number of Topliss-reactive ketones (excluding diaryl/α,β-unsaturated/α-hetero) is 1. The lowest BCUT2D eigenvalue weighted by molar-refractivity contribution is -0.117. The van der Waals surface area contributed by atoms with E-state index in [0.717, 1.165) is 28.0 Å². The average molecular weight is 338 g/mol. The number of hydrogen-bond acceptors (Lipinski definition) is 3. The number of nitrogens with zero attached hydrogens (tertiary/aromatic N) is 1. The van der Waals surface area contributed by atoms with E-state index in [-0.39, 0.29) is 5.78 Å². The number of ketones is 1. The third kappa shape index (κ3) is 3.98. The van der Waals surface area contributed by atoms with E-state index >= 15 is 0 Å². The van der Waals surface area contributed by atoms with Crippen molar-refractivity contribution in [1.29, 1.82) is 0 Å². The van der Waals surface area contributed by atoms with Crippen LogP contribution in [-0.2, 0) is 11.2 Å². The molecule has 100 valence electrons. The molecule has 0 unspecified atom stereocenters. The van der Waals surface area contributed by atoms with Gasteiger partial charge in [0.2, 0.25) is 0 Å². The summed E-state index contributed by atoms with van der Waals surface area (Å²) in [6, 6.07) is 6.23. The van der Waals surface area contributed by atoms with E-state index in [9.17, 15) is 4.79 Å². The molecule has 0 spiro atoms. The van der Waals surface area contributed by atoms with Gasteiger partial charge in [-0.05, 0) is 44.4 Å². The van der Waals surface area contributed by atoms with Crippen molar-refractivity contribution >= 4 is 33.0 Å². The molecule has 0 saturated heterocycles. The number of hydrogen-bond donors (Lipinski definition) is 0. The Balaban J connectivity index is 2.12. The molecule has 0 atom stereocenters. The first-order valence-electron chi connectivity index (χ1n) is 6.26. The van der Waals surface area contributed by atoms with Gasteiger partial charge in [0.15, 0.2) is 0 Å². The molecule has 0 aliphatic carbocycles. The van der Waals surface area contributed by atoms with E-state index in [1.807, 2.05) is 6.07 Å². The molecular weight excluding hydrogens is 322 g/mol. The lowest BCUT2D eigenvalue weighted by Gasteiger charge is -2.03. The van der Waals surface area contributed by atoms with Gasteiger partial charge in [0.25, 0.3) is 0 Å². The van der Waals surface area contributed by atoms with Crippen LogP contribution in [-0.4, -0.2) is 10.8 Å². The molecule has 4 heteroatoms. The van der Waals surface area contributed by atoms with Crippen molar-refractivity contribution in [1.82, 2.24) is 4.98 Å². The normalized spacial score (nSPS) is 10.7. The fourth-order valence-electron chi connectivity index (χ4n) is 1.91. The van der Waals surface area contributed by atoms with Crippen molar-refractivity contribution < 1.29 is 4.79 Å². The molecule has 0 bridgehead atoms. The van der Waals surface area contributed by atoms with Crippen LogP contribution in [0.25, 0.3) is 11.3 Å². The Kier molecular flexibility index (Phi) is 4.88. The zero-order chi connectivity index (χ0) is 13.8. The highest BCUT2D eigenvalue weighted by atomic mass is 79.9. The largest absolute Gasteiger partial charge is 0.300 e. The molecule has 1 heterocycles. The Labute approximate surface area is 126 Å². The summed E-state index contributed by atoms with van der Waals surface area (Å²) in [5, 5.41) is 3.20. The summed E-state index contributed by atoms with van der Waals surface area (Å²) in [5.74, 6) is 0.250. The van der Waals surface area contributed by atoms with Crippen molar-refractivity contribution in [3.05, 3.63) is 38.6 Å². The summed E-state index contributed by atoms with van der Waals surface area (Å²) in [6.45, 7) is 3.73. The van der Waals surface area contributed by atoms with Gasteiger partial charge in [0.05, 0.1) is 10.7 Å². The highest BCUT2D eigenvalue weighted by molar-refractivity contribution is 9.10. The molecule has 0 fully saturated rings. The first-order valence-corrected chi connectivity index (χ1v) is 7.94. The van der Waals surface area contributed by atoms with Crippen LogP contribution in [0.15, 0.2) is 28.1 Å². The molecule has 0 aliphatic heterocycles. The van der Waals surface area contributed by atoms with E-state index in [4.69, 9.17) is 0 Å². The van der Waals surface area contributed by atoms with Crippen molar-refractivity contribution in [3.63, 3.8) is 0 Å². The number of rotatable bonds is 5. The van der Waals surface area contributed by atoms with Gasteiger partial charge in [-0.25, -0.2) is 4.98 Å². The van der Waals surface area contributed by atoms with Crippen LogP contribution in [0.2, 0.25) is 0 Å². The monoisotopic (exact) mass is 337 g/mol. The molecule has 1 aromatic carbocycles. The predicted molar refractivity (Wildman–Crippen MR) is 83.6 cm³/mol. The van der Waals surface area contributed by atoms with Gasteiger partial charge in [-0.1, -0.05) is 22.0 Å². The lowest BCUT2D eigenvalue weighted by Crippen LogP contribution is -1.92. The third-order valence-corrected chi connectivity index (χ3v) is 4.35. The molecule has 2 aromatic rings. The highest BCUT2D eigenvalue weighted by Crippen LogP contribution is 2.28. The zero-order valence-corrected chi connectivity index (χ0v) is 13.5. The standard InChI is InChI=1S/C15H16BrNOS/c1-10-6-7-12(16)8-13(10)14-9-19-15(17-14)5-3-4-11(2)18/h6-9H,3-5H2,1-2H3. The minimum Gasteiger partial charge on any atom is -0.300 e. The maximum atomic E-state index is 10.9. The van der Waals surface area contributed by atoms with Gasteiger partial charge < -0.3 is 4.79 Å². The minimum absolute atomic E-state index is 0.250. The summed E-state index contributed by atoms with van der Waals surface area (Å²) >= 11 is 5.17. The molecule has 2 nitrogen and oxygen atoms in total. The number of halogens is 1. The first-order chi connectivity index (χ1) is 9.06. The van der Waals surface area contributed by atoms with Gasteiger partial charge in [-0.3, -0.25) is 0 Å². The van der Waals surface area contributed by atoms with Gasteiger partial charge in [-0.2, -0.15) is 0 Å². The quantitative estimate of drug-likeness (QED) is 0.784. The number of aryl methyl sites for hydroxylation is 2. The van der Waals surface area contributed by atoms with Gasteiger partial charge in [0.1, 0.15) is 5.78 Å². The van der Waals surface area contributed by atoms with Crippen molar-refractivity contribution in [2.75, 3.05) is 0 Å². The van der Waals surface area contributed by atoms with E-state index in [2.05, 4.69) is 45.4 Å². The van der Waals surface area contributed by atoms with Gasteiger partial charge in [-0.15, -0.1) is 11.3 Å². The zero-order valence-electron chi connectivity index (χ0n) is 11.1. The fraction of sp³-hybridized carbons (Fsp3) is 0.333. The van der Waals surface area contributed by atoms with Crippen LogP contribution in [0.1, 0.15) is 30.3 Å². The van der Waals surface area contributed by atoms with Gasteiger partial charge >= 0.3 is 0 Å². The number of benzene rings is 1. The maximum absolute atomic E-state index is 10.9. The Hall–Kier alpha value is -1.00. The molecule has 0 saturated carbocycles. The molecule has 0 amide bonds. The highest BCUT2D eigenvalue weighted by Gasteiger charge is 2.08. The molecule has 0 N–H and O–H groups in total. The van der Waals surface area contributed by atoms with Crippen LogP contribution in [0.3, 0.4) is 0 Å². The Bertz CT molecular complexity index is 592. The van der Waals surface area contributed by atoms with Crippen LogP contribution in [0.4, 0.5) is 0 Å². The smallest absolute Gasteiger partial charge is 0.129 e. The SMILES string of the molecule is CC(=O)CCCc1nc(-c2cc(Br)ccc2C)cs1. The van der Waals surface area contributed by atoms with Gasteiger partial charge in [0, 0.05) is 21.8 Å². The number of carbonyl (C=O) groups is 1. The average Bonchev–Trinajstić information content (AvgIpc) is 2.80. The topological polar surface area (TPSA) is 30.0 Å². The van der Waals surface area contributed by atoms with Crippen LogP contribution in [0.5, 0.6) is 0 Å². The number of carbonyl (C=O) groups excluding carboxylic acids is 1. The summed E-state index contributed by atoms with van der Waals surface area (Å²) in [4.78, 5) is 15.6. The first kappa shape index (κ1) is 14.4. The Morgan fingerprint density at radius 2 is 2.21 bits per heavy atom. The second kappa shape index (κ2) is 6.44. The maximum Gasteiger partial charge on any atom is 0.129 e. The fourth-order valence-corrected chi connectivity index (χ4v) is 3.11. The summed E-state index contributed by atoms with van der Waals surface area (Å²) in [7, 11) is 0. The second-order valence-corrected chi connectivity index (χ2v) is 6.50. The lowest BCUT2D eigenvalue weighted by atomic mass is 10.1. The molecule has 19 heavy (non-hydrogen) atoms. The molecule has 0 radical (unpaired) electrons. The predicted octanol–water partition coefficient (Wildman–Crippen LogP) is 4.79. The van der Waals surface area contributed by atoms with E-state index in [1.54, 1.807) is 18.3 Å². The van der Waals surface area contributed by atoms with E-state index in [1.165, 1.54) is 11.1 Å². The minimum atomic E-state index is 0.250. The second-order valence-electron chi connectivity index (χ2n) is 4.64.